The summed E-state index contributed by atoms with van der Waals surface area (Å²) in [5.74, 6) is -0.740. The molecule has 0 unspecified atom stereocenters. The van der Waals surface area contributed by atoms with Gasteiger partial charge >= 0.3 is 5.97 Å². The van der Waals surface area contributed by atoms with Crippen molar-refractivity contribution in [2.45, 2.75) is 96.8 Å². The van der Waals surface area contributed by atoms with Crippen LogP contribution >= 0.6 is 0 Å². The minimum atomic E-state index is -0.740. The zero-order valence-corrected chi connectivity index (χ0v) is 13.4. The second-order valence-corrected chi connectivity index (χ2v) is 5.75. The number of aliphatic carboxylic acids is 1. The number of unbranched alkanes of at least 4 members (excludes halogenated alkanes) is 12. The third-order valence-corrected chi connectivity index (χ3v) is 3.68. The molecule has 0 saturated heterocycles. The van der Waals surface area contributed by atoms with Crippen LogP contribution in [0.15, 0.2) is 12.2 Å². The van der Waals surface area contributed by atoms with Gasteiger partial charge in [-0.25, -0.2) is 0 Å². The van der Waals surface area contributed by atoms with Crippen molar-refractivity contribution >= 4 is 5.97 Å². The number of carboxylic acids is 1. The van der Waals surface area contributed by atoms with Crippen LogP contribution in [0, 0.1) is 0 Å². The van der Waals surface area contributed by atoms with Crippen molar-refractivity contribution in [3.05, 3.63) is 12.2 Å². The van der Waals surface area contributed by atoms with E-state index in [-0.39, 0.29) is 6.42 Å². The van der Waals surface area contributed by atoms with Crippen molar-refractivity contribution in [3.63, 3.8) is 0 Å². The first-order chi connectivity index (χ1) is 9.77. The highest BCUT2D eigenvalue weighted by atomic mass is 16.4. The first-order valence-corrected chi connectivity index (χ1v) is 8.64. The molecule has 118 valence electrons. The molecule has 0 fully saturated rings. The van der Waals surface area contributed by atoms with E-state index in [0.29, 0.717) is 0 Å². The van der Waals surface area contributed by atoms with Crippen LogP contribution in [0.25, 0.3) is 0 Å². The minimum Gasteiger partial charge on any atom is -0.481 e. The van der Waals surface area contributed by atoms with E-state index >= 15 is 0 Å². The van der Waals surface area contributed by atoms with E-state index in [2.05, 4.69) is 6.92 Å². The van der Waals surface area contributed by atoms with E-state index in [1.54, 1.807) is 6.08 Å². The van der Waals surface area contributed by atoms with Crippen LogP contribution in [0.3, 0.4) is 0 Å². The molecule has 0 aliphatic rings. The van der Waals surface area contributed by atoms with E-state index < -0.39 is 5.97 Å². The summed E-state index contributed by atoms with van der Waals surface area (Å²) in [6.45, 7) is 2.27. The monoisotopic (exact) mass is 282 g/mol. The van der Waals surface area contributed by atoms with E-state index in [1.807, 2.05) is 6.08 Å². The number of hydrogen-bond acceptors (Lipinski definition) is 1. The van der Waals surface area contributed by atoms with Gasteiger partial charge in [-0.3, -0.25) is 4.79 Å². The number of allylic oxidation sites excluding steroid dienone is 1. The highest BCUT2D eigenvalue weighted by Gasteiger charge is 1.93. The van der Waals surface area contributed by atoms with Gasteiger partial charge in [0, 0.05) is 0 Å². The Morgan fingerprint density at radius 1 is 0.750 bits per heavy atom. The first kappa shape index (κ1) is 19.2. The molecule has 1 N–H and O–H groups in total. The Kier molecular flexibility index (Phi) is 15.6. The Balaban J connectivity index is 3.02. The Hall–Kier alpha value is -0.790. The first-order valence-electron chi connectivity index (χ1n) is 8.64. The SMILES string of the molecule is CCCCCCCCCCCCCC/C=C/CC(=O)O. The molecule has 0 aliphatic carbocycles. The maximum atomic E-state index is 10.3. The van der Waals surface area contributed by atoms with Gasteiger partial charge in [-0.15, -0.1) is 0 Å². The van der Waals surface area contributed by atoms with Gasteiger partial charge in [0.05, 0.1) is 6.42 Å². The van der Waals surface area contributed by atoms with E-state index in [4.69, 9.17) is 5.11 Å². The summed E-state index contributed by atoms with van der Waals surface area (Å²) in [5, 5.41) is 8.47. The van der Waals surface area contributed by atoms with Crippen LogP contribution in [-0.4, -0.2) is 11.1 Å². The van der Waals surface area contributed by atoms with Gasteiger partial charge in [-0.2, -0.15) is 0 Å². The van der Waals surface area contributed by atoms with Gasteiger partial charge in [-0.1, -0.05) is 89.7 Å². The zero-order chi connectivity index (χ0) is 14.9. The van der Waals surface area contributed by atoms with Crippen LogP contribution in [-0.2, 0) is 4.79 Å². The average Bonchev–Trinajstić information content (AvgIpc) is 2.43. The van der Waals surface area contributed by atoms with Crippen molar-refractivity contribution in [3.8, 4) is 0 Å². The normalized spacial score (nSPS) is 11.2. The summed E-state index contributed by atoms with van der Waals surface area (Å²) in [7, 11) is 0. The number of carbonyl (C=O) groups is 1. The molecule has 2 nitrogen and oxygen atoms in total. The zero-order valence-electron chi connectivity index (χ0n) is 13.4. The molecule has 0 spiro atoms. The quantitative estimate of drug-likeness (QED) is 0.291. The molecule has 0 radical (unpaired) electrons. The Labute approximate surface area is 125 Å². The summed E-state index contributed by atoms with van der Waals surface area (Å²) >= 11 is 0. The van der Waals surface area contributed by atoms with Crippen LogP contribution in [0.1, 0.15) is 96.8 Å². The van der Waals surface area contributed by atoms with Gasteiger partial charge in [0.25, 0.3) is 0 Å². The van der Waals surface area contributed by atoms with Crippen molar-refractivity contribution in [1.82, 2.24) is 0 Å². The lowest BCUT2D eigenvalue weighted by atomic mass is 10.0. The number of hydrogen-bond donors (Lipinski definition) is 1. The van der Waals surface area contributed by atoms with Crippen LogP contribution in [0.5, 0.6) is 0 Å². The molecule has 0 amide bonds. The predicted octanol–water partition coefficient (Wildman–Crippen LogP) is 6.11. The molecular weight excluding hydrogens is 248 g/mol. The van der Waals surface area contributed by atoms with Crippen molar-refractivity contribution < 1.29 is 9.90 Å². The second-order valence-electron chi connectivity index (χ2n) is 5.75. The molecule has 0 saturated carbocycles. The van der Waals surface area contributed by atoms with Gasteiger partial charge < -0.3 is 5.11 Å². The summed E-state index contributed by atoms with van der Waals surface area (Å²) in [5.41, 5.74) is 0. The van der Waals surface area contributed by atoms with Crippen molar-refractivity contribution in [1.29, 1.82) is 0 Å². The van der Waals surface area contributed by atoms with Gasteiger partial charge in [-0.05, 0) is 12.8 Å². The average molecular weight is 282 g/mol. The molecule has 0 aromatic carbocycles. The van der Waals surface area contributed by atoms with E-state index in [0.717, 1.165) is 6.42 Å². The third-order valence-electron chi connectivity index (χ3n) is 3.68. The number of carboxylic acid groups (broad SMARTS) is 1. The Morgan fingerprint density at radius 3 is 1.65 bits per heavy atom. The molecule has 0 bridgehead atoms. The molecule has 0 aromatic heterocycles. The maximum absolute atomic E-state index is 10.3. The predicted molar refractivity (Wildman–Crippen MR) is 87.1 cm³/mol. The highest BCUT2D eigenvalue weighted by Crippen LogP contribution is 2.12. The topological polar surface area (TPSA) is 37.3 Å². The van der Waals surface area contributed by atoms with E-state index in [9.17, 15) is 4.79 Å². The third kappa shape index (κ3) is 17.2. The molecule has 0 aromatic rings. The molecule has 0 rings (SSSR count). The fourth-order valence-corrected chi connectivity index (χ4v) is 2.41. The maximum Gasteiger partial charge on any atom is 0.307 e. The molecule has 0 atom stereocenters. The van der Waals surface area contributed by atoms with Gasteiger partial charge in [0.1, 0.15) is 0 Å². The van der Waals surface area contributed by atoms with E-state index in [1.165, 1.54) is 77.0 Å². The summed E-state index contributed by atoms with van der Waals surface area (Å²) in [6, 6.07) is 0. The van der Waals surface area contributed by atoms with Gasteiger partial charge in [0.2, 0.25) is 0 Å². The number of rotatable bonds is 15. The summed E-state index contributed by atoms with van der Waals surface area (Å²) < 4.78 is 0. The van der Waals surface area contributed by atoms with Gasteiger partial charge in [0.15, 0.2) is 0 Å². The Bertz CT molecular complexity index is 234. The lowest BCUT2D eigenvalue weighted by Crippen LogP contribution is -1.89. The standard InChI is InChI=1S/C18H34O2/c1-2-3-4-5-6-7-8-9-10-11-12-13-14-15-16-17-18(19)20/h15-16H,2-14,17H2,1H3,(H,19,20)/b16-15+. The summed E-state index contributed by atoms with van der Waals surface area (Å²) in [4.78, 5) is 10.3. The van der Waals surface area contributed by atoms with Crippen LogP contribution in [0.4, 0.5) is 0 Å². The van der Waals surface area contributed by atoms with Crippen LogP contribution in [0.2, 0.25) is 0 Å². The molecular formula is C18H34O2. The molecule has 2 heteroatoms. The van der Waals surface area contributed by atoms with Crippen LogP contribution < -0.4 is 0 Å². The fourth-order valence-electron chi connectivity index (χ4n) is 2.41. The molecule has 0 heterocycles. The Morgan fingerprint density at radius 2 is 1.20 bits per heavy atom. The van der Waals surface area contributed by atoms with Crippen molar-refractivity contribution in [2.24, 2.45) is 0 Å². The molecule has 20 heavy (non-hydrogen) atoms. The minimum absolute atomic E-state index is 0.165. The smallest absolute Gasteiger partial charge is 0.307 e. The van der Waals surface area contributed by atoms with Crippen molar-refractivity contribution in [2.75, 3.05) is 0 Å². The highest BCUT2D eigenvalue weighted by molar-refractivity contribution is 5.68. The largest absolute Gasteiger partial charge is 0.481 e. The lowest BCUT2D eigenvalue weighted by Gasteiger charge is -2.02. The molecule has 0 aliphatic heterocycles. The summed E-state index contributed by atoms with van der Waals surface area (Å²) in [6.07, 6.45) is 21.4. The second kappa shape index (κ2) is 16.3. The lowest BCUT2D eigenvalue weighted by molar-refractivity contribution is -0.136. The fraction of sp³-hybridized carbons (Fsp3) is 0.833.